The number of nitrogens with zero attached hydrogens (tertiary/aromatic N) is 3. The average molecular weight is 570 g/mol. The zero-order chi connectivity index (χ0) is 27.6. The van der Waals surface area contributed by atoms with Gasteiger partial charge in [0.05, 0.1) is 25.9 Å². The van der Waals surface area contributed by atoms with Crippen LogP contribution in [0.3, 0.4) is 0 Å². The summed E-state index contributed by atoms with van der Waals surface area (Å²) >= 11 is 5.45. The Morgan fingerprint density at radius 3 is 2.55 bits per heavy atom. The van der Waals surface area contributed by atoms with Crippen LogP contribution in [0.4, 0.5) is 0 Å². The van der Waals surface area contributed by atoms with Gasteiger partial charge in [-0.3, -0.25) is 9.97 Å². The van der Waals surface area contributed by atoms with Gasteiger partial charge in [-0.1, -0.05) is 17.4 Å². The molecule has 0 aromatic rings. The standard InChI is InChI=1S/C21H30ClN5O9P.Li/c1-25-16(23)10-34-12-21(11-28,37(31,32)33)35-9-15-19(30)18(29)14(36-15)7-2-3-8-17(27-20(22)24)26-13-5-4-6-13;/h2-3,13-15,18-19,23,28-30H,1,4-6,9-12H2,(H3-,24,26,27,31,32,33);/q-3;+1/t14-,15+,18-,19+,21+;/m0./s1. The fourth-order valence-corrected chi connectivity index (χ4v) is 3.95. The summed E-state index contributed by atoms with van der Waals surface area (Å²) in [6.07, 6.45) is 5.69. The molecule has 0 amide bonds. The number of nitrogens with one attached hydrogen (secondary N) is 2. The van der Waals surface area contributed by atoms with Crippen molar-refractivity contribution in [1.29, 1.82) is 5.41 Å². The van der Waals surface area contributed by atoms with Gasteiger partial charge in [0.1, 0.15) is 24.7 Å². The molecule has 38 heavy (non-hydrogen) atoms. The van der Waals surface area contributed by atoms with E-state index in [1.54, 1.807) is 0 Å². The number of allylic oxidation sites excluding steroid dienone is 2. The summed E-state index contributed by atoms with van der Waals surface area (Å²) in [6, 6.07) is 0.0960. The topological polar surface area (TPSA) is 229 Å². The molecule has 7 N–H and O–H groups in total. The van der Waals surface area contributed by atoms with Crippen LogP contribution in [0.1, 0.15) is 19.3 Å². The van der Waals surface area contributed by atoms with E-state index in [4.69, 9.17) is 31.2 Å². The minimum atomic E-state index is -5.13. The first-order valence-corrected chi connectivity index (χ1v) is 13.1. The first kappa shape index (κ1) is 34.8. The van der Waals surface area contributed by atoms with Gasteiger partial charge < -0.3 is 79.3 Å². The summed E-state index contributed by atoms with van der Waals surface area (Å²) in [7, 11) is -5.13. The molecule has 5 atom stereocenters. The molecule has 17 heteroatoms. The van der Waals surface area contributed by atoms with Crippen molar-refractivity contribution in [2.24, 2.45) is 9.98 Å². The summed E-state index contributed by atoms with van der Waals surface area (Å²) in [5, 5.41) is 46.2. The van der Waals surface area contributed by atoms with Gasteiger partial charge >= 0.3 is 26.5 Å². The second kappa shape index (κ2) is 16.1. The Hall–Kier alpha value is -1.24. The molecule has 1 saturated carbocycles. The fraction of sp³-hybridized carbons (Fsp3) is 0.619. The average Bonchev–Trinajstić information content (AvgIpc) is 3.07. The normalized spacial score (nSPS) is 26.1. The van der Waals surface area contributed by atoms with Crippen LogP contribution in [0, 0.1) is 17.6 Å². The van der Waals surface area contributed by atoms with Crippen LogP contribution in [-0.4, -0.2) is 111 Å². The number of hydrogen-bond acceptors (Lipinski definition) is 9. The Balaban J connectivity index is 0.00000722. The Labute approximate surface area is 237 Å². The molecule has 0 aromatic carbocycles. The van der Waals surface area contributed by atoms with Gasteiger partial charge in [0.15, 0.2) is 0 Å². The van der Waals surface area contributed by atoms with E-state index in [2.05, 4.69) is 34.2 Å². The molecule has 1 aliphatic heterocycles. The van der Waals surface area contributed by atoms with E-state index in [0.29, 0.717) is 0 Å². The van der Waals surface area contributed by atoms with Gasteiger partial charge in [-0.05, 0) is 26.0 Å². The molecule has 1 aliphatic carbocycles. The van der Waals surface area contributed by atoms with E-state index < -0.39 is 69.1 Å². The van der Waals surface area contributed by atoms with Crippen molar-refractivity contribution < 1.29 is 62.7 Å². The minimum absolute atomic E-state index is 0. The maximum Gasteiger partial charge on any atom is 1.00 e. The Morgan fingerprint density at radius 2 is 2.03 bits per heavy atom. The van der Waals surface area contributed by atoms with E-state index in [1.807, 2.05) is 0 Å². The second-order valence-electron chi connectivity index (χ2n) is 8.26. The predicted octanol–water partition coefficient (Wildman–Crippen LogP) is -3.52. The smallest absolute Gasteiger partial charge is 0.454 e. The SMILES string of the molecule is C=NC(=N)COC[C@](CO)(OC[C@H]1O[C@@H]([C-]=CC=[C-]C(=NC2CCC2)NC(=[N-])Cl)[C@H](O)[C@@H]1O)P(=O)(O)O.[Li+]. The molecule has 2 rings (SSSR count). The van der Waals surface area contributed by atoms with Crippen molar-refractivity contribution in [3.8, 4) is 0 Å². The third kappa shape index (κ3) is 10.1. The second-order valence-corrected chi connectivity index (χ2v) is 10.5. The molecule has 2 aliphatic rings. The maximum atomic E-state index is 12.0. The monoisotopic (exact) mass is 569 g/mol. The molecule has 0 unspecified atom stereocenters. The molecule has 208 valence electrons. The number of ether oxygens (including phenoxy) is 3. The number of aliphatic hydroxyl groups is 3. The van der Waals surface area contributed by atoms with E-state index >= 15 is 0 Å². The Bertz CT molecular complexity index is 961. The van der Waals surface area contributed by atoms with E-state index in [0.717, 1.165) is 19.3 Å². The molecule has 2 fully saturated rings. The summed E-state index contributed by atoms with van der Waals surface area (Å²) in [4.78, 5) is 27.1. The van der Waals surface area contributed by atoms with Crippen LogP contribution < -0.4 is 24.2 Å². The van der Waals surface area contributed by atoms with Gasteiger partial charge in [-0.15, -0.1) is 0 Å². The molecule has 1 heterocycles. The molecule has 0 aromatic heterocycles. The van der Waals surface area contributed by atoms with E-state index in [1.165, 1.54) is 12.2 Å². The minimum Gasteiger partial charge on any atom is -0.454 e. The molecule has 0 radical (unpaired) electrons. The van der Waals surface area contributed by atoms with Crippen molar-refractivity contribution in [2.75, 3.05) is 26.4 Å². The molecule has 0 spiro atoms. The third-order valence-electron chi connectivity index (χ3n) is 5.59. The largest absolute Gasteiger partial charge is 1.00 e. The number of aliphatic hydroxyl groups excluding tert-OH is 3. The Morgan fingerprint density at radius 1 is 1.34 bits per heavy atom. The van der Waals surface area contributed by atoms with Crippen LogP contribution in [0.2, 0.25) is 0 Å². The van der Waals surface area contributed by atoms with Crippen LogP contribution in [-0.2, 0) is 18.8 Å². The molecular weight excluding hydrogens is 540 g/mol. The number of halogens is 1. The van der Waals surface area contributed by atoms with E-state index in [-0.39, 0.29) is 36.6 Å². The summed E-state index contributed by atoms with van der Waals surface area (Å²) in [5.74, 6) is -0.116. The van der Waals surface area contributed by atoms with Crippen LogP contribution >= 0.6 is 19.2 Å². The first-order chi connectivity index (χ1) is 17.4. The molecular formula is C21H30ClLiN5O9P-2. The predicted molar refractivity (Wildman–Crippen MR) is 135 cm³/mol. The zero-order valence-electron chi connectivity index (χ0n) is 20.7. The Kier molecular flexibility index (Phi) is 14.8. The van der Waals surface area contributed by atoms with Crippen molar-refractivity contribution in [2.45, 2.75) is 55.1 Å². The summed E-state index contributed by atoms with van der Waals surface area (Å²) < 4.78 is 27.9. The van der Waals surface area contributed by atoms with Crippen molar-refractivity contribution in [3.63, 3.8) is 0 Å². The number of amidine groups is 3. The first-order valence-electron chi connectivity index (χ1n) is 11.1. The van der Waals surface area contributed by atoms with E-state index in [9.17, 15) is 35.1 Å². The van der Waals surface area contributed by atoms with Gasteiger partial charge in [0.25, 0.3) is 0 Å². The number of rotatable bonds is 13. The summed E-state index contributed by atoms with van der Waals surface area (Å²) in [5.41, 5.74) is 0. The zero-order valence-corrected chi connectivity index (χ0v) is 22.4. The summed E-state index contributed by atoms with van der Waals surface area (Å²) in [6.45, 7) is 0.103. The van der Waals surface area contributed by atoms with Gasteiger partial charge in [0, 0.05) is 17.4 Å². The fourth-order valence-electron chi connectivity index (χ4n) is 3.17. The maximum absolute atomic E-state index is 12.0. The van der Waals surface area contributed by atoms with Gasteiger partial charge in [-0.2, -0.15) is 0 Å². The van der Waals surface area contributed by atoms with Gasteiger partial charge in [0.2, 0.25) is 5.34 Å². The van der Waals surface area contributed by atoms with Crippen molar-refractivity contribution >= 4 is 42.9 Å². The van der Waals surface area contributed by atoms with Gasteiger partial charge in [-0.25, -0.2) is 4.99 Å². The molecule has 14 nitrogen and oxygen atoms in total. The van der Waals surface area contributed by atoms with Crippen LogP contribution in [0.5, 0.6) is 0 Å². The molecule has 1 saturated heterocycles. The molecule has 0 bridgehead atoms. The number of aliphatic imine (C=N–C) groups is 2. The van der Waals surface area contributed by atoms with Crippen molar-refractivity contribution in [3.05, 3.63) is 29.7 Å². The van der Waals surface area contributed by atoms with Crippen molar-refractivity contribution in [1.82, 2.24) is 5.32 Å². The van der Waals surface area contributed by atoms with Crippen LogP contribution in [0.15, 0.2) is 22.1 Å². The number of hydrogen-bond donors (Lipinski definition) is 7. The third-order valence-corrected chi connectivity index (χ3v) is 7.14. The van der Waals surface area contributed by atoms with Crippen LogP contribution in [0.25, 0.3) is 5.41 Å². The quantitative estimate of drug-likeness (QED) is 0.0220.